The van der Waals surface area contributed by atoms with E-state index in [1.165, 1.54) is 15.8 Å². The Morgan fingerprint density at radius 3 is 2.48 bits per heavy atom. The van der Waals surface area contributed by atoms with Crippen LogP contribution in [0, 0.1) is 0 Å². The van der Waals surface area contributed by atoms with Gasteiger partial charge in [0, 0.05) is 13.5 Å². The van der Waals surface area contributed by atoms with Gasteiger partial charge in [0.25, 0.3) is 0 Å². The zero-order chi connectivity index (χ0) is 17.8. The molecule has 1 heterocycles. The zero-order valence-electron chi connectivity index (χ0n) is 15.0. The molecule has 3 nitrogen and oxygen atoms in total. The van der Waals surface area contributed by atoms with Crippen molar-refractivity contribution in [2.24, 2.45) is 0 Å². The second-order valence-corrected chi connectivity index (χ2v) is 7.43. The van der Waals surface area contributed by atoms with E-state index in [4.69, 9.17) is 0 Å². The van der Waals surface area contributed by atoms with Crippen molar-refractivity contribution in [3.63, 3.8) is 0 Å². The Morgan fingerprint density at radius 2 is 1.80 bits per heavy atom. The van der Waals surface area contributed by atoms with Gasteiger partial charge >= 0.3 is 0 Å². The van der Waals surface area contributed by atoms with Gasteiger partial charge in [0.1, 0.15) is 5.01 Å². The molecule has 3 aromatic rings. The summed E-state index contributed by atoms with van der Waals surface area (Å²) in [5.74, 6) is 0.159. The maximum Gasteiger partial charge on any atom is 0.223 e. The van der Waals surface area contributed by atoms with Crippen LogP contribution < -0.4 is 0 Å². The van der Waals surface area contributed by atoms with Crippen LogP contribution in [0.1, 0.15) is 42.4 Å². The molecule has 0 unspecified atom stereocenters. The number of hydrogen-bond acceptors (Lipinski definition) is 3. The molecule has 25 heavy (non-hydrogen) atoms. The lowest BCUT2D eigenvalue weighted by Crippen LogP contribution is -2.29. The summed E-state index contributed by atoms with van der Waals surface area (Å²) in [4.78, 5) is 19.1. The molecule has 1 aromatic heterocycles. The number of carbonyl (C=O) groups is 1. The number of aryl methyl sites for hydroxylation is 2. The molecule has 0 aliphatic carbocycles. The number of hydrogen-bond donors (Lipinski definition) is 0. The molecule has 2 aromatic carbocycles. The van der Waals surface area contributed by atoms with Crippen LogP contribution in [-0.4, -0.2) is 22.8 Å². The van der Waals surface area contributed by atoms with Gasteiger partial charge in [0.05, 0.1) is 16.3 Å². The van der Waals surface area contributed by atoms with Crippen molar-refractivity contribution in [3.8, 4) is 0 Å². The quantitative estimate of drug-likeness (QED) is 0.625. The second-order valence-electron chi connectivity index (χ2n) is 6.37. The van der Waals surface area contributed by atoms with Crippen LogP contribution in [0.4, 0.5) is 0 Å². The van der Waals surface area contributed by atoms with Crippen molar-refractivity contribution in [2.75, 3.05) is 7.05 Å². The summed E-state index contributed by atoms with van der Waals surface area (Å²) < 4.78 is 1.17. The summed E-state index contributed by atoms with van der Waals surface area (Å²) >= 11 is 1.66. The highest BCUT2D eigenvalue weighted by atomic mass is 32.1. The van der Waals surface area contributed by atoms with Gasteiger partial charge in [0.2, 0.25) is 5.91 Å². The van der Waals surface area contributed by atoms with Crippen LogP contribution in [0.5, 0.6) is 0 Å². The molecule has 0 radical (unpaired) electrons. The summed E-state index contributed by atoms with van der Waals surface area (Å²) in [7, 11) is 1.87. The van der Waals surface area contributed by atoms with Gasteiger partial charge in [-0.05, 0) is 43.0 Å². The van der Waals surface area contributed by atoms with Gasteiger partial charge in [-0.1, -0.05) is 43.3 Å². The smallest absolute Gasteiger partial charge is 0.223 e. The molecule has 0 saturated heterocycles. The number of rotatable bonds is 6. The third-order valence-electron chi connectivity index (χ3n) is 4.70. The fraction of sp³-hybridized carbons (Fsp3) is 0.333. The first kappa shape index (κ1) is 17.6. The lowest BCUT2D eigenvalue weighted by atomic mass is 10.1. The molecule has 0 bridgehead atoms. The minimum absolute atomic E-state index is 0.00707. The Hall–Kier alpha value is -2.20. The summed E-state index contributed by atoms with van der Waals surface area (Å²) in [5, 5.41) is 0.990. The monoisotopic (exact) mass is 352 g/mol. The topological polar surface area (TPSA) is 33.2 Å². The van der Waals surface area contributed by atoms with E-state index in [0.717, 1.165) is 23.4 Å². The van der Waals surface area contributed by atoms with Crippen molar-refractivity contribution in [1.82, 2.24) is 9.88 Å². The number of amides is 1. The molecule has 0 aliphatic heterocycles. The van der Waals surface area contributed by atoms with Gasteiger partial charge in [-0.25, -0.2) is 4.98 Å². The Kier molecular flexibility index (Phi) is 5.49. The maximum atomic E-state index is 12.6. The molecular weight excluding hydrogens is 328 g/mol. The number of thiazole rings is 1. The van der Waals surface area contributed by atoms with Gasteiger partial charge in [0.15, 0.2) is 0 Å². The predicted octanol–water partition coefficient (Wildman–Crippen LogP) is 5.01. The van der Waals surface area contributed by atoms with Crippen LogP contribution in [0.15, 0.2) is 48.5 Å². The summed E-state index contributed by atoms with van der Waals surface area (Å²) in [5.41, 5.74) is 3.55. The average molecular weight is 353 g/mol. The first-order chi connectivity index (χ1) is 12.1. The molecule has 0 N–H and O–H groups in total. The van der Waals surface area contributed by atoms with E-state index in [1.807, 2.05) is 37.1 Å². The molecule has 0 fully saturated rings. The number of carbonyl (C=O) groups excluding carboxylic acids is 1. The van der Waals surface area contributed by atoms with Crippen LogP contribution in [0.25, 0.3) is 10.2 Å². The van der Waals surface area contributed by atoms with Crippen molar-refractivity contribution in [1.29, 1.82) is 0 Å². The highest BCUT2D eigenvalue weighted by Crippen LogP contribution is 2.29. The molecule has 0 spiro atoms. The second kappa shape index (κ2) is 7.79. The molecule has 0 saturated carbocycles. The Labute approximate surface area is 153 Å². The number of nitrogens with zero attached hydrogens (tertiary/aromatic N) is 2. The normalized spacial score (nSPS) is 12.3. The van der Waals surface area contributed by atoms with E-state index in [9.17, 15) is 4.79 Å². The van der Waals surface area contributed by atoms with Crippen LogP contribution >= 0.6 is 11.3 Å². The molecule has 0 aliphatic rings. The Morgan fingerprint density at radius 1 is 1.12 bits per heavy atom. The van der Waals surface area contributed by atoms with E-state index in [-0.39, 0.29) is 11.9 Å². The lowest BCUT2D eigenvalue weighted by molar-refractivity contribution is -0.131. The number of fused-ring (bicyclic) bond motifs is 1. The highest BCUT2D eigenvalue weighted by Gasteiger charge is 2.20. The predicted molar refractivity (Wildman–Crippen MR) is 105 cm³/mol. The van der Waals surface area contributed by atoms with Crippen molar-refractivity contribution in [3.05, 3.63) is 64.7 Å². The molecule has 1 atom stereocenters. The van der Waals surface area contributed by atoms with Gasteiger partial charge in [-0.3, -0.25) is 4.79 Å². The fourth-order valence-corrected chi connectivity index (χ4v) is 3.88. The maximum absolute atomic E-state index is 12.6. The Balaban J connectivity index is 1.62. The molecule has 3 rings (SSSR count). The fourth-order valence-electron chi connectivity index (χ4n) is 2.82. The number of benzene rings is 2. The van der Waals surface area contributed by atoms with E-state index in [2.05, 4.69) is 42.2 Å². The minimum atomic E-state index is -0.00707. The molecule has 130 valence electrons. The zero-order valence-corrected chi connectivity index (χ0v) is 15.8. The summed E-state index contributed by atoms with van der Waals surface area (Å²) in [6.07, 6.45) is 2.35. The standard InChI is InChI=1S/C21H24N2OS/c1-4-16-9-11-17(12-10-16)13-14-20(24)23(3)15(2)21-22-18-7-5-6-8-19(18)25-21/h5-12,15H,4,13-14H2,1-3H3/t15-/m1/s1. The van der Waals surface area contributed by atoms with E-state index in [0.29, 0.717) is 6.42 Å². The van der Waals surface area contributed by atoms with E-state index >= 15 is 0 Å². The minimum Gasteiger partial charge on any atom is -0.337 e. The third kappa shape index (κ3) is 4.07. The first-order valence-corrected chi connectivity index (χ1v) is 9.59. The van der Waals surface area contributed by atoms with Gasteiger partial charge < -0.3 is 4.90 Å². The van der Waals surface area contributed by atoms with Crippen LogP contribution in [0.2, 0.25) is 0 Å². The van der Waals surface area contributed by atoms with Crippen molar-refractivity contribution in [2.45, 2.75) is 39.2 Å². The summed E-state index contributed by atoms with van der Waals surface area (Å²) in [6, 6.07) is 16.7. The van der Waals surface area contributed by atoms with E-state index in [1.54, 1.807) is 11.3 Å². The Bertz CT molecular complexity index is 821. The number of aromatic nitrogens is 1. The third-order valence-corrected chi connectivity index (χ3v) is 5.91. The van der Waals surface area contributed by atoms with Gasteiger partial charge in [-0.2, -0.15) is 0 Å². The number of para-hydroxylation sites is 1. The van der Waals surface area contributed by atoms with Crippen molar-refractivity contribution < 1.29 is 4.79 Å². The largest absolute Gasteiger partial charge is 0.337 e. The summed E-state index contributed by atoms with van der Waals surface area (Å²) in [6.45, 7) is 4.20. The van der Waals surface area contributed by atoms with E-state index < -0.39 is 0 Å². The van der Waals surface area contributed by atoms with Crippen LogP contribution in [0.3, 0.4) is 0 Å². The van der Waals surface area contributed by atoms with Gasteiger partial charge in [-0.15, -0.1) is 11.3 Å². The average Bonchev–Trinajstić information content (AvgIpc) is 3.09. The molecule has 4 heteroatoms. The lowest BCUT2D eigenvalue weighted by Gasteiger charge is -2.23. The molecular formula is C21H24N2OS. The first-order valence-electron chi connectivity index (χ1n) is 8.77. The SMILES string of the molecule is CCc1ccc(CCC(=O)N(C)[C@H](C)c2nc3ccccc3s2)cc1. The highest BCUT2D eigenvalue weighted by molar-refractivity contribution is 7.18. The van der Waals surface area contributed by atoms with Crippen molar-refractivity contribution >= 4 is 27.5 Å². The molecule has 1 amide bonds. The van der Waals surface area contributed by atoms with Crippen LogP contribution in [-0.2, 0) is 17.6 Å².